The van der Waals surface area contributed by atoms with Gasteiger partial charge in [0.25, 0.3) is 5.91 Å². The normalized spacial score (nSPS) is 16.3. The molecule has 1 aliphatic heterocycles. The number of morpholine rings is 1. The lowest BCUT2D eigenvalue weighted by atomic mass is 9.97. The van der Waals surface area contributed by atoms with E-state index in [0.717, 1.165) is 29.6 Å². The van der Waals surface area contributed by atoms with Crippen molar-refractivity contribution in [1.82, 2.24) is 10.6 Å². The first-order chi connectivity index (χ1) is 14.0. The van der Waals surface area contributed by atoms with Crippen LogP contribution in [0.1, 0.15) is 21.5 Å². The second-order valence-corrected chi connectivity index (χ2v) is 7.20. The molecule has 1 fully saturated rings. The molecule has 0 unspecified atom stereocenters. The van der Waals surface area contributed by atoms with Crippen LogP contribution >= 0.6 is 12.4 Å². The molecule has 3 aromatic rings. The first kappa shape index (κ1) is 22.2. The van der Waals surface area contributed by atoms with Crippen molar-refractivity contribution in [1.29, 1.82) is 0 Å². The molecule has 0 spiro atoms. The van der Waals surface area contributed by atoms with Crippen molar-refractivity contribution in [2.24, 2.45) is 0 Å². The number of ether oxygens (including phenoxy) is 1. The Balaban J connectivity index is 0.00000256. The fourth-order valence-electron chi connectivity index (χ4n) is 3.71. The lowest BCUT2D eigenvalue weighted by molar-refractivity contribution is 0.0294. The molecule has 8 heteroatoms. The van der Waals surface area contributed by atoms with Crippen LogP contribution in [0, 0.1) is 18.6 Å². The summed E-state index contributed by atoms with van der Waals surface area (Å²) in [7, 11) is 1.41. The van der Waals surface area contributed by atoms with Crippen molar-refractivity contribution in [3.8, 4) is 11.3 Å². The van der Waals surface area contributed by atoms with Crippen LogP contribution in [0.4, 0.5) is 8.78 Å². The third-order valence-corrected chi connectivity index (χ3v) is 5.14. The van der Waals surface area contributed by atoms with Crippen LogP contribution in [0.5, 0.6) is 0 Å². The minimum atomic E-state index is -0.844. The molecule has 2 aromatic carbocycles. The predicted molar refractivity (Wildman–Crippen MR) is 113 cm³/mol. The highest BCUT2D eigenvalue weighted by Gasteiger charge is 2.26. The highest BCUT2D eigenvalue weighted by atomic mass is 35.5. The summed E-state index contributed by atoms with van der Waals surface area (Å²) in [6.07, 6.45) is 0.329. The molecule has 5 nitrogen and oxygen atoms in total. The van der Waals surface area contributed by atoms with E-state index in [-0.39, 0.29) is 35.4 Å². The van der Waals surface area contributed by atoms with Crippen molar-refractivity contribution in [3.63, 3.8) is 0 Å². The predicted octanol–water partition coefficient (Wildman–Crippen LogP) is 4.00. The van der Waals surface area contributed by atoms with E-state index in [1.807, 2.05) is 25.1 Å². The van der Waals surface area contributed by atoms with E-state index in [0.29, 0.717) is 30.7 Å². The maximum Gasteiger partial charge on any atom is 0.251 e. The van der Waals surface area contributed by atoms with Gasteiger partial charge in [-0.2, -0.15) is 0 Å². The Labute approximate surface area is 179 Å². The number of carbonyl (C=O) groups excluding carboxylic acids is 1. The van der Waals surface area contributed by atoms with Crippen LogP contribution < -0.4 is 10.6 Å². The number of benzene rings is 2. The Morgan fingerprint density at radius 1 is 1.23 bits per heavy atom. The van der Waals surface area contributed by atoms with Crippen molar-refractivity contribution in [3.05, 3.63) is 58.7 Å². The fraction of sp³-hybridized carbons (Fsp3) is 0.318. The summed E-state index contributed by atoms with van der Waals surface area (Å²) in [5, 5.41) is 6.43. The Bertz CT molecular complexity index is 1050. The van der Waals surface area contributed by atoms with Gasteiger partial charge in [-0.3, -0.25) is 4.79 Å². The number of hydrogen-bond acceptors (Lipinski definition) is 4. The lowest BCUT2D eigenvalue weighted by Gasteiger charge is -2.23. The molecule has 0 radical (unpaired) electrons. The van der Waals surface area contributed by atoms with Gasteiger partial charge in [0.15, 0.2) is 0 Å². The zero-order chi connectivity index (χ0) is 20.5. The molecule has 1 saturated heterocycles. The van der Waals surface area contributed by atoms with Crippen LogP contribution in [0.25, 0.3) is 22.3 Å². The van der Waals surface area contributed by atoms with Gasteiger partial charge in [0.05, 0.1) is 18.3 Å². The van der Waals surface area contributed by atoms with Gasteiger partial charge in [0, 0.05) is 43.1 Å². The van der Waals surface area contributed by atoms with Crippen LogP contribution in [0.2, 0.25) is 0 Å². The van der Waals surface area contributed by atoms with Crippen LogP contribution in [0.15, 0.2) is 34.7 Å². The Kier molecular flexibility index (Phi) is 6.75. The number of aryl methyl sites for hydroxylation is 1. The third-order valence-electron chi connectivity index (χ3n) is 5.14. The number of rotatable bonds is 4. The van der Waals surface area contributed by atoms with Crippen molar-refractivity contribution in [2.45, 2.75) is 19.4 Å². The van der Waals surface area contributed by atoms with Crippen molar-refractivity contribution >= 4 is 29.3 Å². The monoisotopic (exact) mass is 436 g/mol. The third kappa shape index (κ3) is 4.19. The van der Waals surface area contributed by atoms with E-state index < -0.39 is 17.5 Å². The van der Waals surface area contributed by atoms with Crippen LogP contribution in [-0.2, 0) is 11.2 Å². The molecule has 1 amide bonds. The summed E-state index contributed by atoms with van der Waals surface area (Å²) in [5.41, 5.74) is 1.88. The smallest absolute Gasteiger partial charge is 0.251 e. The quantitative estimate of drug-likeness (QED) is 0.649. The summed E-state index contributed by atoms with van der Waals surface area (Å²) >= 11 is 0. The molecule has 0 aliphatic carbocycles. The first-order valence-electron chi connectivity index (χ1n) is 9.53. The minimum Gasteiger partial charge on any atom is -0.456 e. The number of furan rings is 1. The van der Waals surface area contributed by atoms with Gasteiger partial charge in [-0.25, -0.2) is 8.78 Å². The number of nitrogens with one attached hydrogen (secondary N) is 2. The average Bonchev–Trinajstić information content (AvgIpc) is 3.04. The molecule has 160 valence electrons. The maximum atomic E-state index is 14.9. The van der Waals surface area contributed by atoms with Gasteiger partial charge < -0.3 is 19.8 Å². The molecule has 2 heterocycles. The zero-order valence-corrected chi connectivity index (χ0v) is 17.5. The Hall–Kier alpha value is -2.48. The molecule has 0 bridgehead atoms. The first-order valence-corrected chi connectivity index (χ1v) is 9.53. The van der Waals surface area contributed by atoms with E-state index in [1.165, 1.54) is 7.05 Å². The Morgan fingerprint density at radius 2 is 1.97 bits per heavy atom. The van der Waals surface area contributed by atoms with E-state index in [2.05, 4.69) is 10.6 Å². The number of carbonyl (C=O) groups is 1. The van der Waals surface area contributed by atoms with Gasteiger partial charge >= 0.3 is 0 Å². The van der Waals surface area contributed by atoms with Gasteiger partial charge in [-0.1, -0.05) is 12.1 Å². The minimum absolute atomic E-state index is 0. The summed E-state index contributed by atoms with van der Waals surface area (Å²) in [6, 6.07) is 7.73. The molecule has 30 heavy (non-hydrogen) atoms. The molecule has 1 aromatic heterocycles. The molecular formula is C22H23ClF2N2O3. The van der Waals surface area contributed by atoms with Crippen LogP contribution in [-0.4, -0.2) is 38.8 Å². The highest BCUT2D eigenvalue weighted by molar-refractivity contribution is 5.95. The number of hydrogen-bond donors (Lipinski definition) is 2. The molecule has 0 saturated carbocycles. The standard InChI is InChI=1S/C22H22F2N2O3.ClH/c1-12-3-4-15-16(10-14-11-26-5-6-28-14)21(29-19(15)7-12)20-17(23)8-13(9-18(20)24)22(27)25-2;/h3-4,7-9,14,26H,5-6,10-11H2,1-2H3,(H,25,27);1H/t14-;/m0./s1. The zero-order valence-electron chi connectivity index (χ0n) is 16.7. The Morgan fingerprint density at radius 3 is 2.60 bits per heavy atom. The molecule has 4 rings (SSSR count). The molecular weight excluding hydrogens is 414 g/mol. The number of fused-ring (bicyclic) bond motifs is 1. The summed E-state index contributed by atoms with van der Waals surface area (Å²) < 4.78 is 41.6. The largest absolute Gasteiger partial charge is 0.456 e. The van der Waals surface area contributed by atoms with E-state index in [4.69, 9.17) is 9.15 Å². The van der Waals surface area contributed by atoms with E-state index >= 15 is 0 Å². The van der Waals surface area contributed by atoms with Gasteiger partial charge in [-0.15, -0.1) is 12.4 Å². The van der Waals surface area contributed by atoms with Gasteiger partial charge in [-0.05, 0) is 30.7 Å². The second-order valence-electron chi connectivity index (χ2n) is 7.20. The summed E-state index contributed by atoms with van der Waals surface area (Å²) in [5.74, 6) is -2.11. The summed E-state index contributed by atoms with van der Waals surface area (Å²) in [6.45, 7) is 3.94. The SMILES string of the molecule is CNC(=O)c1cc(F)c(-c2oc3cc(C)ccc3c2C[C@H]2CNCCO2)c(F)c1.Cl. The summed E-state index contributed by atoms with van der Waals surface area (Å²) in [4.78, 5) is 11.8. The average molecular weight is 437 g/mol. The van der Waals surface area contributed by atoms with Crippen LogP contribution in [0.3, 0.4) is 0 Å². The maximum absolute atomic E-state index is 14.9. The fourth-order valence-corrected chi connectivity index (χ4v) is 3.71. The van der Waals surface area contributed by atoms with Crippen molar-refractivity contribution < 1.29 is 22.7 Å². The molecule has 1 atom stereocenters. The molecule has 2 N–H and O–H groups in total. The number of halogens is 3. The topological polar surface area (TPSA) is 63.5 Å². The van der Waals surface area contributed by atoms with Gasteiger partial charge in [0.2, 0.25) is 0 Å². The van der Waals surface area contributed by atoms with E-state index in [9.17, 15) is 13.6 Å². The second kappa shape index (κ2) is 9.12. The molecule has 1 aliphatic rings. The highest BCUT2D eigenvalue weighted by Crippen LogP contribution is 2.38. The van der Waals surface area contributed by atoms with E-state index in [1.54, 1.807) is 0 Å². The number of amides is 1. The van der Waals surface area contributed by atoms with Gasteiger partial charge in [0.1, 0.15) is 23.0 Å². The van der Waals surface area contributed by atoms with Crippen molar-refractivity contribution in [2.75, 3.05) is 26.7 Å². The lowest BCUT2D eigenvalue weighted by Crippen LogP contribution is -2.39.